The fourth-order valence-electron chi connectivity index (χ4n) is 1.57. The molecule has 1 heterocycles. The van der Waals surface area contributed by atoms with Crippen LogP contribution in [0.3, 0.4) is 0 Å². The van der Waals surface area contributed by atoms with Gasteiger partial charge in [-0.1, -0.05) is 13.8 Å². The summed E-state index contributed by atoms with van der Waals surface area (Å²) >= 11 is 0. The van der Waals surface area contributed by atoms with Gasteiger partial charge in [-0.15, -0.1) is 0 Å². The van der Waals surface area contributed by atoms with Gasteiger partial charge >= 0.3 is 0 Å². The summed E-state index contributed by atoms with van der Waals surface area (Å²) in [6.07, 6.45) is 0. The number of nitrogens with zero attached hydrogens (tertiary/aromatic N) is 2. The smallest absolute Gasteiger partial charge is 0.158 e. The Balaban J connectivity index is 2.86. The Morgan fingerprint density at radius 2 is 2.00 bits per heavy atom. The van der Waals surface area contributed by atoms with Gasteiger partial charge in [0.05, 0.1) is 12.6 Å². The van der Waals surface area contributed by atoms with Crippen LogP contribution in [0.1, 0.15) is 26.6 Å². The van der Waals surface area contributed by atoms with Crippen LogP contribution in [0, 0.1) is 5.92 Å². The maximum absolute atomic E-state index is 9.35. The molecule has 0 aliphatic carbocycles. The molecule has 19 heavy (non-hydrogen) atoms. The third-order valence-electron chi connectivity index (χ3n) is 2.80. The molecular weight excluding hydrogens is 244 g/mol. The highest BCUT2D eigenvalue weighted by molar-refractivity contribution is 5.47. The van der Waals surface area contributed by atoms with E-state index in [2.05, 4.69) is 34.4 Å². The number of hydrogen-bond acceptors (Lipinski definition) is 6. The second-order valence-electron chi connectivity index (χ2n) is 4.62. The molecule has 0 spiro atoms. The van der Waals surface area contributed by atoms with Crippen LogP contribution in [0.25, 0.3) is 0 Å². The van der Waals surface area contributed by atoms with Crippen LogP contribution in [0.2, 0.25) is 0 Å². The lowest BCUT2D eigenvalue weighted by molar-refractivity contribution is 0.128. The monoisotopic (exact) mass is 268 g/mol. The molecule has 6 heteroatoms. The molecule has 0 saturated carbocycles. The summed E-state index contributed by atoms with van der Waals surface area (Å²) < 4.78 is 5.32. The highest BCUT2D eigenvalue weighted by Crippen LogP contribution is 2.15. The van der Waals surface area contributed by atoms with Gasteiger partial charge in [-0.05, 0) is 12.8 Å². The lowest BCUT2D eigenvalue weighted by Crippen LogP contribution is -2.30. The normalized spacial score (nSPS) is 12.5. The zero-order valence-corrected chi connectivity index (χ0v) is 12.1. The van der Waals surface area contributed by atoms with Crippen LogP contribution in [0.4, 0.5) is 11.6 Å². The summed E-state index contributed by atoms with van der Waals surface area (Å²) in [6, 6.07) is 1.79. The third kappa shape index (κ3) is 5.00. The van der Waals surface area contributed by atoms with E-state index in [1.165, 1.54) is 0 Å². The van der Waals surface area contributed by atoms with Gasteiger partial charge in [0.15, 0.2) is 5.82 Å². The number of anilines is 2. The van der Waals surface area contributed by atoms with Gasteiger partial charge in [-0.3, -0.25) is 0 Å². The molecule has 1 atom stereocenters. The highest BCUT2D eigenvalue weighted by atomic mass is 16.5. The molecule has 0 saturated heterocycles. The quantitative estimate of drug-likeness (QED) is 0.663. The van der Waals surface area contributed by atoms with Crippen molar-refractivity contribution in [3.63, 3.8) is 0 Å². The van der Waals surface area contributed by atoms with Gasteiger partial charge in [0.2, 0.25) is 0 Å². The number of hydrogen-bond donors (Lipinski definition) is 3. The van der Waals surface area contributed by atoms with E-state index in [0.717, 1.165) is 5.82 Å². The zero-order valence-electron chi connectivity index (χ0n) is 12.1. The molecule has 1 aromatic heterocycles. The maximum Gasteiger partial charge on any atom is 0.158 e. The minimum atomic E-state index is -0.0282. The molecule has 1 unspecified atom stereocenters. The third-order valence-corrected chi connectivity index (χ3v) is 2.80. The Kier molecular flexibility index (Phi) is 6.52. The van der Waals surface area contributed by atoms with E-state index < -0.39 is 0 Å². The zero-order chi connectivity index (χ0) is 14.3. The number of aliphatic hydroxyl groups is 1. The predicted molar refractivity (Wildman–Crippen MR) is 76.2 cm³/mol. The molecule has 6 nitrogen and oxygen atoms in total. The lowest BCUT2D eigenvalue weighted by atomic mass is 10.1. The number of aromatic nitrogens is 2. The van der Waals surface area contributed by atoms with Crippen molar-refractivity contribution in [3.8, 4) is 0 Å². The van der Waals surface area contributed by atoms with Crippen molar-refractivity contribution < 1.29 is 9.84 Å². The van der Waals surface area contributed by atoms with Crippen LogP contribution in [-0.2, 0) is 11.3 Å². The topological polar surface area (TPSA) is 79.3 Å². The van der Waals surface area contributed by atoms with Gasteiger partial charge in [-0.25, -0.2) is 9.97 Å². The van der Waals surface area contributed by atoms with E-state index in [9.17, 15) is 5.11 Å². The first-order valence-electron chi connectivity index (χ1n) is 6.61. The maximum atomic E-state index is 9.35. The highest BCUT2D eigenvalue weighted by Gasteiger charge is 2.13. The summed E-state index contributed by atoms with van der Waals surface area (Å²) in [6.45, 7) is 7.11. The number of aliphatic hydroxyl groups excluding tert-OH is 1. The Morgan fingerprint density at radius 1 is 1.32 bits per heavy atom. The Labute approximate surface area is 114 Å². The van der Waals surface area contributed by atoms with E-state index in [1.807, 2.05) is 20.0 Å². The first-order valence-corrected chi connectivity index (χ1v) is 6.61. The van der Waals surface area contributed by atoms with Crippen molar-refractivity contribution in [2.45, 2.75) is 33.4 Å². The van der Waals surface area contributed by atoms with E-state index in [-0.39, 0.29) is 12.6 Å². The second kappa shape index (κ2) is 7.91. The molecule has 0 aliphatic heterocycles. The van der Waals surface area contributed by atoms with Crippen LogP contribution >= 0.6 is 0 Å². The van der Waals surface area contributed by atoms with Gasteiger partial charge in [0.1, 0.15) is 18.2 Å². The second-order valence-corrected chi connectivity index (χ2v) is 4.62. The van der Waals surface area contributed by atoms with Gasteiger partial charge in [0, 0.05) is 19.7 Å². The average molecular weight is 268 g/mol. The van der Waals surface area contributed by atoms with Crippen molar-refractivity contribution in [1.29, 1.82) is 0 Å². The Hall–Kier alpha value is -1.40. The summed E-state index contributed by atoms with van der Waals surface area (Å²) in [4.78, 5) is 8.71. The Bertz CT molecular complexity index is 385. The first kappa shape index (κ1) is 15.7. The molecule has 0 radical (unpaired) electrons. The minimum Gasteiger partial charge on any atom is -0.394 e. The van der Waals surface area contributed by atoms with Gasteiger partial charge in [-0.2, -0.15) is 0 Å². The fourth-order valence-corrected chi connectivity index (χ4v) is 1.57. The molecule has 0 aromatic carbocycles. The van der Waals surface area contributed by atoms with Crippen LogP contribution in [0.15, 0.2) is 6.07 Å². The number of nitrogens with one attached hydrogen (secondary N) is 2. The van der Waals surface area contributed by atoms with E-state index >= 15 is 0 Å². The van der Waals surface area contributed by atoms with Crippen molar-refractivity contribution in [2.75, 3.05) is 30.9 Å². The molecule has 0 bridgehead atoms. The SMILES string of the molecule is CCOCc1nc(NC)cc(NC(CO)C(C)C)n1. The molecule has 108 valence electrons. The van der Waals surface area contributed by atoms with Crippen LogP contribution in [0.5, 0.6) is 0 Å². The molecule has 3 N–H and O–H groups in total. The van der Waals surface area contributed by atoms with Gasteiger partial charge in [0.25, 0.3) is 0 Å². The molecule has 0 fully saturated rings. The summed E-state index contributed by atoms with van der Waals surface area (Å²) in [5.41, 5.74) is 0. The summed E-state index contributed by atoms with van der Waals surface area (Å²) in [7, 11) is 1.81. The summed E-state index contributed by atoms with van der Waals surface area (Å²) in [5, 5.41) is 15.6. The van der Waals surface area contributed by atoms with Crippen molar-refractivity contribution in [1.82, 2.24) is 9.97 Å². The molecule has 0 aliphatic rings. The standard InChI is InChI=1S/C13H24N4O2/c1-5-19-8-13-16-11(14-4)6-12(17-13)15-10(7-18)9(2)3/h6,9-10,18H,5,7-8H2,1-4H3,(H2,14,15,16,17). The first-order chi connectivity index (χ1) is 9.10. The number of ether oxygens (including phenoxy) is 1. The number of rotatable bonds is 8. The molecule has 0 amide bonds. The minimum absolute atomic E-state index is 0.0282. The average Bonchev–Trinajstić information content (AvgIpc) is 2.41. The van der Waals surface area contributed by atoms with Gasteiger partial charge < -0.3 is 20.5 Å². The molecule has 1 rings (SSSR count). The van der Waals surface area contributed by atoms with E-state index in [4.69, 9.17) is 4.74 Å². The molecule has 1 aromatic rings. The fraction of sp³-hybridized carbons (Fsp3) is 0.692. The predicted octanol–water partition coefficient (Wildman–Crippen LogP) is 1.48. The molecular formula is C13H24N4O2. The largest absolute Gasteiger partial charge is 0.394 e. The Morgan fingerprint density at radius 3 is 2.53 bits per heavy atom. The van der Waals surface area contributed by atoms with Crippen molar-refractivity contribution in [2.24, 2.45) is 5.92 Å². The van der Waals surface area contributed by atoms with Crippen molar-refractivity contribution in [3.05, 3.63) is 11.9 Å². The lowest BCUT2D eigenvalue weighted by Gasteiger charge is -2.21. The summed E-state index contributed by atoms with van der Waals surface area (Å²) in [5.74, 6) is 2.36. The van der Waals surface area contributed by atoms with Crippen LogP contribution < -0.4 is 10.6 Å². The van der Waals surface area contributed by atoms with E-state index in [1.54, 1.807) is 0 Å². The van der Waals surface area contributed by atoms with Crippen LogP contribution in [-0.4, -0.2) is 41.4 Å². The van der Waals surface area contributed by atoms with E-state index in [0.29, 0.717) is 30.8 Å². The van der Waals surface area contributed by atoms with Crippen molar-refractivity contribution >= 4 is 11.6 Å².